The molecular weight excluding hydrogens is 313 g/mol. The number of rotatable bonds is 4. The van der Waals surface area contributed by atoms with E-state index in [1.807, 2.05) is 6.08 Å². The van der Waals surface area contributed by atoms with Crippen LogP contribution in [-0.4, -0.2) is 12.1 Å². The molecule has 0 heterocycles. The summed E-state index contributed by atoms with van der Waals surface area (Å²) in [5.41, 5.74) is 2.10. The van der Waals surface area contributed by atoms with E-state index in [9.17, 15) is 0 Å². The molecule has 0 radical (unpaired) electrons. The van der Waals surface area contributed by atoms with E-state index in [1.165, 1.54) is 5.57 Å². The second-order valence-corrected chi connectivity index (χ2v) is 7.43. The SMILES string of the molecule is CC(C)/C(=C/c1c(Cl)ccc(Cl)c1Cl)CNC(C)(C)C. The lowest BCUT2D eigenvalue weighted by Gasteiger charge is -2.23. The highest BCUT2D eigenvalue weighted by molar-refractivity contribution is 6.44. The fourth-order valence-corrected chi connectivity index (χ4v) is 2.29. The molecule has 0 unspecified atom stereocenters. The Bertz CT molecular complexity index is 499. The minimum atomic E-state index is 0.0654. The molecule has 1 aromatic rings. The highest BCUT2D eigenvalue weighted by Crippen LogP contribution is 2.33. The van der Waals surface area contributed by atoms with Gasteiger partial charge in [-0.25, -0.2) is 0 Å². The van der Waals surface area contributed by atoms with Gasteiger partial charge in [-0.1, -0.05) is 60.3 Å². The Labute approximate surface area is 137 Å². The summed E-state index contributed by atoms with van der Waals surface area (Å²) < 4.78 is 0. The first-order valence-corrected chi connectivity index (χ1v) is 7.84. The summed E-state index contributed by atoms with van der Waals surface area (Å²) in [4.78, 5) is 0. The molecule has 1 N–H and O–H groups in total. The minimum Gasteiger partial charge on any atom is -0.308 e. The van der Waals surface area contributed by atoms with Gasteiger partial charge in [0.1, 0.15) is 0 Å². The topological polar surface area (TPSA) is 12.0 Å². The molecular formula is C16H22Cl3N. The van der Waals surface area contributed by atoms with Gasteiger partial charge in [-0.15, -0.1) is 0 Å². The second kappa shape index (κ2) is 7.17. The third-order valence-corrected chi connectivity index (χ3v) is 4.12. The van der Waals surface area contributed by atoms with Crippen LogP contribution in [0.15, 0.2) is 17.7 Å². The van der Waals surface area contributed by atoms with Crippen molar-refractivity contribution in [3.63, 3.8) is 0 Å². The third kappa shape index (κ3) is 5.29. The van der Waals surface area contributed by atoms with Crippen LogP contribution in [0.5, 0.6) is 0 Å². The predicted molar refractivity (Wildman–Crippen MR) is 92.0 cm³/mol. The number of halogens is 3. The maximum atomic E-state index is 6.26. The van der Waals surface area contributed by atoms with E-state index in [1.54, 1.807) is 12.1 Å². The fourth-order valence-electron chi connectivity index (χ4n) is 1.65. The van der Waals surface area contributed by atoms with Gasteiger partial charge in [0.2, 0.25) is 0 Å². The lowest BCUT2D eigenvalue weighted by Crippen LogP contribution is -2.37. The predicted octanol–water partition coefficient (Wildman–Crippen LogP) is 6.07. The average Bonchev–Trinajstić information content (AvgIpc) is 2.31. The van der Waals surface area contributed by atoms with Crippen LogP contribution < -0.4 is 5.32 Å². The second-order valence-electron chi connectivity index (χ2n) is 6.23. The van der Waals surface area contributed by atoms with Crippen molar-refractivity contribution in [3.05, 3.63) is 38.3 Å². The number of benzene rings is 1. The lowest BCUT2D eigenvalue weighted by molar-refractivity contribution is 0.437. The summed E-state index contributed by atoms with van der Waals surface area (Å²) in [6.45, 7) is 11.5. The third-order valence-electron chi connectivity index (χ3n) is 2.97. The monoisotopic (exact) mass is 333 g/mol. The van der Waals surface area contributed by atoms with Crippen molar-refractivity contribution < 1.29 is 0 Å². The molecule has 0 bridgehead atoms. The molecule has 0 amide bonds. The largest absolute Gasteiger partial charge is 0.308 e. The van der Waals surface area contributed by atoms with E-state index in [-0.39, 0.29) is 5.54 Å². The van der Waals surface area contributed by atoms with E-state index in [0.717, 1.165) is 12.1 Å². The Balaban J connectivity index is 3.12. The van der Waals surface area contributed by atoms with Gasteiger partial charge >= 0.3 is 0 Å². The van der Waals surface area contributed by atoms with Crippen LogP contribution in [0.2, 0.25) is 15.1 Å². The van der Waals surface area contributed by atoms with Crippen molar-refractivity contribution >= 4 is 40.9 Å². The van der Waals surface area contributed by atoms with Gasteiger partial charge in [-0.2, -0.15) is 0 Å². The highest BCUT2D eigenvalue weighted by Gasteiger charge is 2.14. The standard InChI is InChI=1S/C16H22Cl3N/c1-10(2)11(9-20-16(3,4)5)8-12-13(17)6-7-14(18)15(12)19/h6-8,10,20H,9H2,1-5H3/b11-8+. The molecule has 20 heavy (non-hydrogen) atoms. The zero-order valence-electron chi connectivity index (χ0n) is 12.7. The van der Waals surface area contributed by atoms with E-state index >= 15 is 0 Å². The van der Waals surface area contributed by atoms with Crippen molar-refractivity contribution in [1.29, 1.82) is 0 Å². The molecule has 0 spiro atoms. The normalized spacial score (nSPS) is 13.2. The summed E-state index contributed by atoms with van der Waals surface area (Å²) in [7, 11) is 0. The van der Waals surface area contributed by atoms with Crippen molar-refractivity contribution in [1.82, 2.24) is 5.32 Å². The van der Waals surface area contributed by atoms with Crippen molar-refractivity contribution in [2.45, 2.75) is 40.2 Å². The highest BCUT2D eigenvalue weighted by atomic mass is 35.5. The summed E-state index contributed by atoms with van der Waals surface area (Å²) in [6, 6.07) is 3.49. The molecule has 0 atom stereocenters. The Morgan fingerprint density at radius 2 is 1.70 bits per heavy atom. The van der Waals surface area contributed by atoms with Crippen LogP contribution in [0.1, 0.15) is 40.2 Å². The van der Waals surface area contributed by atoms with E-state index in [0.29, 0.717) is 21.0 Å². The van der Waals surface area contributed by atoms with E-state index < -0.39 is 0 Å². The number of nitrogens with one attached hydrogen (secondary N) is 1. The van der Waals surface area contributed by atoms with Crippen LogP contribution in [0, 0.1) is 5.92 Å². The van der Waals surface area contributed by atoms with Crippen molar-refractivity contribution in [3.8, 4) is 0 Å². The molecule has 112 valence electrons. The van der Waals surface area contributed by atoms with Gasteiger partial charge in [0, 0.05) is 22.7 Å². The zero-order valence-corrected chi connectivity index (χ0v) is 14.9. The first kappa shape index (κ1) is 17.8. The molecule has 0 fully saturated rings. The Morgan fingerprint density at radius 3 is 2.20 bits per heavy atom. The molecule has 0 aliphatic rings. The Hall–Kier alpha value is -0.210. The summed E-state index contributed by atoms with van der Waals surface area (Å²) in [5.74, 6) is 0.399. The molecule has 1 rings (SSSR count). The van der Waals surface area contributed by atoms with E-state index in [4.69, 9.17) is 34.8 Å². The molecule has 4 heteroatoms. The molecule has 0 saturated heterocycles. The maximum absolute atomic E-state index is 6.26. The first-order valence-electron chi connectivity index (χ1n) is 6.71. The van der Waals surface area contributed by atoms with Gasteiger partial charge < -0.3 is 5.32 Å². The number of hydrogen-bond acceptors (Lipinski definition) is 1. The maximum Gasteiger partial charge on any atom is 0.0679 e. The summed E-state index contributed by atoms with van der Waals surface area (Å²) in [5, 5.41) is 5.14. The van der Waals surface area contributed by atoms with Gasteiger partial charge in [0.05, 0.1) is 10.0 Å². The van der Waals surface area contributed by atoms with E-state index in [2.05, 4.69) is 39.9 Å². The number of hydrogen-bond donors (Lipinski definition) is 1. The molecule has 0 aromatic heterocycles. The zero-order chi connectivity index (χ0) is 15.5. The van der Waals surface area contributed by atoms with Crippen LogP contribution in [0.3, 0.4) is 0 Å². The average molecular weight is 335 g/mol. The van der Waals surface area contributed by atoms with Crippen molar-refractivity contribution in [2.75, 3.05) is 6.54 Å². The fraction of sp³-hybridized carbons (Fsp3) is 0.500. The Morgan fingerprint density at radius 1 is 1.15 bits per heavy atom. The molecule has 0 saturated carbocycles. The quantitative estimate of drug-likeness (QED) is 0.658. The summed E-state index contributed by atoms with van der Waals surface area (Å²) in [6.07, 6.45) is 2.04. The Kier molecular flexibility index (Phi) is 6.40. The van der Waals surface area contributed by atoms with Gasteiger partial charge in [-0.3, -0.25) is 0 Å². The van der Waals surface area contributed by atoms with Gasteiger partial charge in [0.25, 0.3) is 0 Å². The van der Waals surface area contributed by atoms with Gasteiger partial charge in [0.15, 0.2) is 0 Å². The molecule has 1 nitrogen and oxygen atoms in total. The molecule has 0 aliphatic carbocycles. The first-order chi connectivity index (χ1) is 9.11. The lowest BCUT2D eigenvalue weighted by atomic mass is 9.98. The van der Waals surface area contributed by atoms with Gasteiger partial charge in [-0.05, 0) is 38.8 Å². The smallest absolute Gasteiger partial charge is 0.0679 e. The van der Waals surface area contributed by atoms with Crippen molar-refractivity contribution in [2.24, 2.45) is 5.92 Å². The van der Waals surface area contributed by atoms with Crippen LogP contribution in [0.25, 0.3) is 6.08 Å². The summed E-state index contributed by atoms with van der Waals surface area (Å²) >= 11 is 18.6. The van der Waals surface area contributed by atoms with Crippen LogP contribution in [-0.2, 0) is 0 Å². The van der Waals surface area contributed by atoms with Crippen LogP contribution >= 0.6 is 34.8 Å². The molecule has 0 aliphatic heterocycles. The minimum absolute atomic E-state index is 0.0654. The molecule has 1 aromatic carbocycles. The van der Waals surface area contributed by atoms with Crippen LogP contribution in [0.4, 0.5) is 0 Å².